The van der Waals surface area contributed by atoms with Crippen LogP contribution in [0.4, 0.5) is 4.39 Å². The minimum atomic E-state index is -0.471. The molecule has 0 aliphatic rings. The Kier molecular flexibility index (Phi) is 3.84. The molecule has 0 saturated carbocycles. The fourth-order valence-corrected chi connectivity index (χ4v) is 1.15. The SMILES string of the molecule is CC/C(C=O)=C/c1ccc(Cl)c(F)c1. The molecule has 0 spiro atoms. The molecule has 1 nitrogen and oxygen atoms in total. The van der Waals surface area contributed by atoms with Crippen LogP contribution in [0.1, 0.15) is 18.9 Å². The topological polar surface area (TPSA) is 17.1 Å². The highest BCUT2D eigenvalue weighted by Gasteiger charge is 1.99. The van der Waals surface area contributed by atoms with Crippen LogP contribution in [0.15, 0.2) is 23.8 Å². The van der Waals surface area contributed by atoms with Crippen molar-refractivity contribution in [2.75, 3.05) is 0 Å². The van der Waals surface area contributed by atoms with E-state index in [9.17, 15) is 9.18 Å². The van der Waals surface area contributed by atoms with Gasteiger partial charge < -0.3 is 0 Å². The normalized spacial score (nSPS) is 11.5. The molecular weight excluding hydrogens is 203 g/mol. The Morgan fingerprint density at radius 2 is 2.29 bits per heavy atom. The second kappa shape index (κ2) is 4.91. The van der Waals surface area contributed by atoms with E-state index in [1.165, 1.54) is 12.1 Å². The second-order valence-electron chi connectivity index (χ2n) is 2.86. The summed E-state index contributed by atoms with van der Waals surface area (Å²) < 4.78 is 13.0. The largest absolute Gasteiger partial charge is 0.298 e. The third-order valence-electron chi connectivity index (χ3n) is 1.86. The Labute approximate surface area is 87.2 Å². The zero-order valence-corrected chi connectivity index (χ0v) is 8.51. The molecule has 74 valence electrons. The smallest absolute Gasteiger partial charge is 0.146 e. The summed E-state index contributed by atoms with van der Waals surface area (Å²) in [4.78, 5) is 10.5. The van der Waals surface area contributed by atoms with Crippen molar-refractivity contribution in [2.45, 2.75) is 13.3 Å². The minimum Gasteiger partial charge on any atom is -0.298 e. The molecule has 0 radical (unpaired) electrons. The molecule has 1 aromatic rings. The summed E-state index contributed by atoms with van der Waals surface area (Å²) in [6.45, 7) is 1.87. The lowest BCUT2D eigenvalue weighted by Crippen LogP contribution is -1.84. The van der Waals surface area contributed by atoms with E-state index < -0.39 is 5.82 Å². The first-order chi connectivity index (χ1) is 6.67. The predicted octanol–water partition coefficient (Wildman–Crippen LogP) is 3.47. The minimum absolute atomic E-state index is 0.0892. The van der Waals surface area contributed by atoms with Gasteiger partial charge in [0.25, 0.3) is 0 Å². The second-order valence-corrected chi connectivity index (χ2v) is 3.27. The number of hydrogen-bond acceptors (Lipinski definition) is 1. The summed E-state index contributed by atoms with van der Waals surface area (Å²) in [7, 11) is 0. The van der Waals surface area contributed by atoms with E-state index in [0.29, 0.717) is 17.6 Å². The van der Waals surface area contributed by atoms with Gasteiger partial charge in [-0.3, -0.25) is 4.79 Å². The number of allylic oxidation sites excluding steroid dienone is 1. The molecule has 3 heteroatoms. The van der Waals surface area contributed by atoms with Crippen molar-refractivity contribution in [3.05, 3.63) is 40.2 Å². The zero-order valence-electron chi connectivity index (χ0n) is 7.76. The van der Waals surface area contributed by atoms with Gasteiger partial charge in [-0.05, 0) is 35.8 Å². The number of halogens is 2. The lowest BCUT2D eigenvalue weighted by molar-refractivity contribution is -0.104. The predicted molar refractivity (Wildman–Crippen MR) is 55.7 cm³/mol. The quantitative estimate of drug-likeness (QED) is 0.554. The summed E-state index contributed by atoms with van der Waals surface area (Å²) in [6, 6.07) is 4.45. The number of hydrogen-bond donors (Lipinski definition) is 0. The van der Waals surface area contributed by atoms with E-state index in [1.54, 1.807) is 12.1 Å². The van der Waals surface area contributed by atoms with Crippen LogP contribution in [0.3, 0.4) is 0 Å². The van der Waals surface area contributed by atoms with Crippen molar-refractivity contribution < 1.29 is 9.18 Å². The van der Waals surface area contributed by atoms with Gasteiger partial charge in [0.05, 0.1) is 5.02 Å². The molecule has 0 atom stereocenters. The zero-order chi connectivity index (χ0) is 10.6. The van der Waals surface area contributed by atoms with Crippen molar-refractivity contribution in [2.24, 2.45) is 0 Å². The Hall–Kier alpha value is -1.15. The number of carbonyl (C=O) groups is 1. The van der Waals surface area contributed by atoms with E-state index in [2.05, 4.69) is 0 Å². The molecule has 0 aromatic heterocycles. The van der Waals surface area contributed by atoms with Crippen LogP contribution in [0.5, 0.6) is 0 Å². The van der Waals surface area contributed by atoms with Gasteiger partial charge in [0.1, 0.15) is 12.1 Å². The number of benzene rings is 1. The standard InChI is InChI=1S/C11H10ClFO/c1-2-8(7-14)5-9-3-4-10(12)11(13)6-9/h3-7H,2H2,1H3/b8-5-. The van der Waals surface area contributed by atoms with Crippen LogP contribution in [0.2, 0.25) is 5.02 Å². The molecule has 0 fully saturated rings. The van der Waals surface area contributed by atoms with Crippen molar-refractivity contribution in [3.8, 4) is 0 Å². The maximum absolute atomic E-state index is 13.0. The van der Waals surface area contributed by atoms with E-state index in [-0.39, 0.29) is 5.02 Å². The molecule has 0 heterocycles. The third kappa shape index (κ3) is 2.67. The first-order valence-corrected chi connectivity index (χ1v) is 4.66. The van der Waals surface area contributed by atoms with Gasteiger partial charge in [-0.1, -0.05) is 24.6 Å². The van der Waals surface area contributed by atoms with E-state index >= 15 is 0 Å². The monoisotopic (exact) mass is 212 g/mol. The Morgan fingerprint density at radius 1 is 1.57 bits per heavy atom. The molecule has 0 aliphatic heterocycles. The number of carbonyl (C=O) groups excluding carboxylic acids is 1. The van der Waals surface area contributed by atoms with Crippen molar-refractivity contribution in [3.63, 3.8) is 0 Å². The van der Waals surface area contributed by atoms with Crippen molar-refractivity contribution in [1.82, 2.24) is 0 Å². The average molecular weight is 213 g/mol. The molecule has 1 aromatic carbocycles. The molecule has 0 N–H and O–H groups in total. The molecule has 0 aliphatic carbocycles. The Balaban J connectivity index is 3.03. The highest BCUT2D eigenvalue weighted by molar-refractivity contribution is 6.30. The summed E-state index contributed by atoms with van der Waals surface area (Å²) >= 11 is 5.52. The lowest BCUT2D eigenvalue weighted by Gasteiger charge is -1.98. The van der Waals surface area contributed by atoms with Crippen molar-refractivity contribution >= 4 is 24.0 Å². The highest BCUT2D eigenvalue weighted by atomic mass is 35.5. The highest BCUT2D eigenvalue weighted by Crippen LogP contribution is 2.17. The Bertz CT molecular complexity index is 372. The van der Waals surface area contributed by atoms with Crippen LogP contribution < -0.4 is 0 Å². The molecule has 1 rings (SSSR count). The first-order valence-electron chi connectivity index (χ1n) is 4.28. The third-order valence-corrected chi connectivity index (χ3v) is 2.16. The van der Waals surface area contributed by atoms with Gasteiger partial charge >= 0.3 is 0 Å². The molecule has 0 bridgehead atoms. The first kappa shape index (κ1) is 10.9. The maximum Gasteiger partial charge on any atom is 0.146 e. The molecular formula is C11H10ClFO. The molecule has 14 heavy (non-hydrogen) atoms. The fraction of sp³-hybridized carbons (Fsp3) is 0.182. The van der Waals surface area contributed by atoms with Gasteiger partial charge in [-0.2, -0.15) is 0 Å². The van der Waals surface area contributed by atoms with E-state index in [0.717, 1.165) is 6.29 Å². The number of aldehydes is 1. The van der Waals surface area contributed by atoms with Gasteiger partial charge in [0.15, 0.2) is 0 Å². The average Bonchev–Trinajstić information content (AvgIpc) is 2.19. The van der Waals surface area contributed by atoms with Crippen molar-refractivity contribution in [1.29, 1.82) is 0 Å². The van der Waals surface area contributed by atoms with Crippen LogP contribution in [-0.2, 0) is 4.79 Å². The van der Waals surface area contributed by atoms with Gasteiger partial charge in [0, 0.05) is 0 Å². The van der Waals surface area contributed by atoms with Crippen LogP contribution in [0.25, 0.3) is 6.08 Å². The molecule has 0 saturated heterocycles. The maximum atomic E-state index is 13.0. The van der Waals surface area contributed by atoms with Gasteiger partial charge in [-0.15, -0.1) is 0 Å². The van der Waals surface area contributed by atoms with Gasteiger partial charge in [0.2, 0.25) is 0 Å². The summed E-state index contributed by atoms with van der Waals surface area (Å²) in [6.07, 6.45) is 3.05. The van der Waals surface area contributed by atoms with Gasteiger partial charge in [-0.25, -0.2) is 4.39 Å². The fourth-order valence-electron chi connectivity index (χ4n) is 1.04. The number of rotatable bonds is 3. The van der Waals surface area contributed by atoms with Crippen LogP contribution in [-0.4, -0.2) is 6.29 Å². The van der Waals surface area contributed by atoms with E-state index in [4.69, 9.17) is 11.6 Å². The molecule has 0 unspecified atom stereocenters. The van der Waals surface area contributed by atoms with E-state index in [1.807, 2.05) is 6.92 Å². The van der Waals surface area contributed by atoms with Crippen LogP contribution >= 0.6 is 11.6 Å². The Morgan fingerprint density at radius 3 is 2.79 bits per heavy atom. The summed E-state index contributed by atoms with van der Waals surface area (Å²) in [5, 5.41) is 0.0892. The lowest BCUT2D eigenvalue weighted by atomic mass is 10.1. The summed E-state index contributed by atoms with van der Waals surface area (Å²) in [5.41, 5.74) is 1.28. The van der Waals surface area contributed by atoms with Crippen LogP contribution in [0, 0.1) is 5.82 Å². The summed E-state index contributed by atoms with van der Waals surface area (Å²) in [5.74, 6) is -0.471. The molecule has 0 amide bonds.